The summed E-state index contributed by atoms with van der Waals surface area (Å²) in [7, 11) is -1.08. The zero-order valence-electron chi connectivity index (χ0n) is 10.6. The maximum atomic E-state index is 6.97. The summed E-state index contributed by atoms with van der Waals surface area (Å²) in [4.78, 5) is 0. The third kappa shape index (κ3) is 4.50. The fourth-order valence-electron chi connectivity index (χ4n) is 1.79. The molecule has 0 atom stereocenters. The average molecular weight is 251 g/mol. The Kier molecular flexibility index (Phi) is 6.67. The molecule has 0 rings (SSSR count). The fraction of sp³-hybridized carbons (Fsp3) is 1.00. The van der Waals surface area contributed by atoms with Gasteiger partial charge >= 0.3 is 0 Å². The van der Waals surface area contributed by atoms with Gasteiger partial charge in [-0.05, 0) is 12.1 Å². The lowest BCUT2D eigenvalue weighted by molar-refractivity contribution is 0.843. The van der Waals surface area contributed by atoms with E-state index >= 15 is 0 Å². The molecule has 14 heavy (non-hydrogen) atoms. The first kappa shape index (κ1) is 14.7. The number of unbranched alkanes of at least 4 members (excludes halogenated alkanes) is 2. The fourth-order valence-corrected chi connectivity index (χ4v) is 11.7. The molecule has 0 saturated heterocycles. The lowest BCUT2D eigenvalue weighted by Gasteiger charge is -2.36. The van der Waals surface area contributed by atoms with Gasteiger partial charge in [0.2, 0.25) is 0 Å². The van der Waals surface area contributed by atoms with Gasteiger partial charge in [0.25, 0.3) is 0 Å². The SMILES string of the molecule is CCCC[Si](Cl)(CCCC)[Si](C)(C)C. The molecule has 0 aliphatic rings. The zero-order valence-corrected chi connectivity index (χ0v) is 13.4. The highest BCUT2D eigenvalue weighted by Crippen LogP contribution is 2.34. The van der Waals surface area contributed by atoms with E-state index in [2.05, 4.69) is 33.5 Å². The van der Waals surface area contributed by atoms with Crippen molar-refractivity contribution in [3.8, 4) is 0 Å². The molecule has 0 aliphatic heterocycles. The first-order valence-electron chi connectivity index (χ1n) is 6.06. The smallest absolute Gasteiger partial charge is 0.146 e. The summed E-state index contributed by atoms with van der Waals surface area (Å²) in [6, 6.07) is 2.72. The Morgan fingerprint density at radius 2 is 1.21 bits per heavy atom. The molecule has 0 nitrogen and oxygen atoms in total. The Morgan fingerprint density at radius 1 is 0.857 bits per heavy atom. The molecular formula is C11H27ClSi2. The molecule has 0 bridgehead atoms. The van der Waals surface area contributed by atoms with Crippen LogP contribution >= 0.6 is 11.1 Å². The molecule has 0 unspecified atom stereocenters. The monoisotopic (exact) mass is 250 g/mol. The van der Waals surface area contributed by atoms with Crippen LogP contribution in [-0.4, -0.2) is 14.5 Å². The van der Waals surface area contributed by atoms with Crippen LogP contribution < -0.4 is 0 Å². The van der Waals surface area contributed by atoms with Crippen molar-refractivity contribution in [2.45, 2.75) is 71.3 Å². The minimum Gasteiger partial charge on any atom is -0.171 e. The summed E-state index contributed by atoms with van der Waals surface area (Å²) in [5, 5.41) is 0. The van der Waals surface area contributed by atoms with Gasteiger partial charge in [-0.2, -0.15) is 11.1 Å². The first-order valence-corrected chi connectivity index (χ1v) is 14.0. The predicted molar refractivity (Wildman–Crippen MR) is 74.4 cm³/mol. The highest BCUT2D eigenvalue weighted by Gasteiger charge is 2.42. The van der Waals surface area contributed by atoms with Gasteiger partial charge in [0.1, 0.15) is 6.90 Å². The van der Waals surface area contributed by atoms with Crippen LogP contribution in [-0.2, 0) is 0 Å². The van der Waals surface area contributed by atoms with Gasteiger partial charge in [0.15, 0.2) is 0 Å². The molecular weight excluding hydrogens is 224 g/mol. The molecule has 0 amide bonds. The third-order valence-corrected chi connectivity index (χ3v) is 24.0. The quantitative estimate of drug-likeness (QED) is 0.431. The third-order valence-electron chi connectivity index (χ3n) is 3.20. The molecule has 0 aromatic heterocycles. The normalized spacial score (nSPS) is 13.3. The Hall–Kier alpha value is 0.724. The molecule has 86 valence electrons. The van der Waals surface area contributed by atoms with Crippen molar-refractivity contribution in [3.63, 3.8) is 0 Å². The van der Waals surface area contributed by atoms with Crippen molar-refractivity contribution < 1.29 is 0 Å². The Balaban J connectivity index is 4.33. The van der Waals surface area contributed by atoms with Gasteiger partial charge in [0.05, 0.1) is 7.59 Å². The molecule has 0 radical (unpaired) electrons. The van der Waals surface area contributed by atoms with E-state index in [1.165, 1.54) is 37.8 Å². The van der Waals surface area contributed by atoms with E-state index in [9.17, 15) is 0 Å². The molecule has 0 heterocycles. The van der Waals surface area contributed by atoms with Crippen molar-refractivity contribution in [3.05, 3.63) is 0 Å². The summed E-state index contributed by atoms with van der Waals surface area (Å²) in [6.07, 6.45) is 5.31. The number of hydrogen-bond donors (Lipinski definition) is 0. The number of halogens is 1. The van der Waals surface area contributed by atoms with E-state index in [4.69, 9.17) is 11.1 Å². The van der Waals surface area contributed by atoms with Gasteiger partial charge in [-0.1, -0.05) is 59.2 Å². The second kappa shape index (κ2) is 6.34. The highest BCUT2D eigenvalue weighted by molar-refractivity contribution is 7.58. The van der Waals surface area contributed by atoms with Crippen molar-refractivity contribution in [2.75, 3.05) is 0 Å². The van der Waals surface area contributed by atoms with Crippen molar-refractivity contribution in [2.24, 2.45) is 0 Å². The van der Waals surface area contributed by atoms with Crippen LogP contribution in [0, 0.1) is 0 Å². The largest absolute Gasteiger partial charge is 0.171 e. The van der Waals surface area contributed by atoms with E-state index in [0.29, 0.717) is 0 Å². The highest BCUT2D eigenvalue weighted by atomic mass is 35.6. The van der Waals surface area contributed by atoms with Crippen molar-refractivity contribution >= 4 is 25.6 Å². The number of hydrogen-bond acceptors (Lipinski definition) is 0. The minimum absolute atomic E-state index is 1.08. The lowest BCUT2D eigenvalue weighted by Crippen LogP contribution is -2.52. The average Bonchev–Trinajstić information content (AvgIpc) is 2.09. The van der Waals surface area contributed by atoms with E-state index in [1.807, 2.05) is 0 Å². The topological polar surface area (TPSA) is 0 Å². The molecule has 0 aliphatic carbocycles. The number of rotatable bonds is 7. The van der Waals surface area contributed by atoms with Crippen LogP contribution in [0.15, 0.2) is 0 Å². The molecule has 3 heteroatoms. The van der Waals surface area contributed by atoms with Gasteiger partial charge < -0.3 is 0 Å². The Morgan fingerprint density at radius 3 is 1.43 bits per heavy atom. The molecule has 0 aromatic carbocycles. The van der Waals surface area contributed by atoms with Crippen molar-refractivity contribution in [1.29, 1.82) is 0 Å². The van der Waals surface area contributed by atoms with Crippen LogP contribution in [0.5, 0.6) is 0 Å². The van der Waals surface area contributed by atoms with Crippen LogP contribution in [0.1, 0.15) is 39.5 Å². The van der Waals surface area contributed by atoms with E-state index in [0.717, 1.165) is 0 Å². The molecule has 0 saturated carbocycles. The zero-order chi connectivity index (χ0) is 11.2. The lowest BCUT2D eigenvalue weighted by atomic mass is 10.4. The van der Waals surface area contributed by atoms with Crippen LogP contribution in [0.3, 0.4) is 0 Å². The minimum atomic E-state index is -1.38. The summed E-state index contributed by atoms with van der Waals surface area (Å²) >= 11 is 6.97. The summed E-state index contributed by atoms with van der Waals surface area (Å²) < 4.78 is 0. The summed E-state index contributed by atoms with van der Waals surface area (Å²) in [5.41, 5.74) is 0. The van der Waals surface area contributed by atoms with Crippen LogP contribution in [0.25, 0.3) is 0 Å². The van der Waals surface area contributed by atoms with E-state index in [-0.39, 0.29) is 0 Å². The first-order chi connectivity index (χ1) is 6.37. The molecule has 0 spiro atoms. The van der Waals surface area contributed by atoms with Gasteiger partial charge in [-0.25, -0.2) is 0 Å². The summed E-state index contributed by atoms with van der Waals surface area (Å²) in [5.74, 6) is 0. The molecule has 0 N–H and O–H groups in total. The maximum absolute atomic E-state index is 6.97. The van der Waals surface area contributed by atoms with Gasteiger partial charge in [-0.15, -0.1) is 0 Å². The summed E-state index contributed by atoms with van der Waals surface area (Å²) in [6.45, 7) is 10.6. The second-order valence-electron chi connectivity index (χ2n) is 5.42. The maximum Gasteiger partial charge on any atom is 0.146 e. The van der Waals surface area contributed by atoms with E-state index in [1.54, 1.807) is 0 Å². The second-order valence-corrected chi connectivity index (χ2v) is 23.3. The van der Waals surface area contributed by atoms with Gasteiger partial charge in [0, 0.05) is 0 Å². The van der Waals surface area contributed by atoms with E-state index < -0.39 is 14.5 Å². The van der Waals surface area contributed by atoms with Crippen LogP contribution in [0.4, 0.5) is 0 Å². The Bertz CT molecular complexity index is 144. The molecule has 0 aromatic rings. The van der Waals surface area contributed by atoms with Crippen molar-refractivity contribution in [1.82, 2.24) is 0 Å². The van der Waals surface area contributed by atoms with Crippen LogP contribution in [0.2, 0.25) is 31.7 Å². The standard InChI is InChI=1S/C11H27ClSi2/c1-6-8-10-14(12,11-9-7-2)13(3,4)5/h6-11H2,1-5H3. The van der Waals surface area contributed by atoms with Gasteiger partial charge in [-0.3, -0.25) is 0 Å². The Labute approximate surface area is 96.9 Å². The molecule has 0 fully saturated rings. The predicted octanol–water partition coefficient (Wildman–Crippen LogP) is 5.19.